The van der Waals surface area contributed by atoms with Crippen molar-refractivity contribution in [2.24, 2.45) is 0 Å². The van der Waals surface area contributed by atoms with Gasteiger partial charge in [-0.05, 0) is 60.7 Å². The Morgan fingerprint density at radius 2 is 0.684 bits per heavy atom. The molecule has 0 fully saturated rings. The average Bonchev–Trinajstić information content (AvgIpc) is 2.96. The summed E-state index contributed by atoms with van der Waals surface area (Å²) in [5, 5.41) is 12.6. The minimum absolute atomic E-state index is 0.235. The van der Waals surface area contributed by atoms with Gasteiger partial charge in [-0.1, -0.05) is 72.8 Å². The topological polar surface area (TPSA) is 82.3 Å². The molecule has 0 radical (unpaired) electrons. The lowest BCUT2D eigenvalue weighted by molar-refractivity contribution is 0.0990. The van der Waals surface area contributed by atoms with E-state index < -0.39 is 11.8 Å². The van der Waals surface area contributed by atoms with Crippen LogP contribution in [0.2, 0.25) is 0 Å². The van der Waals surface area contributed by atoms with Crippen LogP contribution in [0.3, 0.4) is 0 Å². The van der Waals surface area contributed by atoms with Crippen LogP contribution in [0, 0.1) is 0 Å². The molecular formula is C32H26N4O2. The highest BCUT2D eigenvalue weighted by atomic mass is 16.2. The zero-order valence-corrected chi connectivity index (χ0v) is 20.5. The predicted octanol–water partition coefficient (Wildman–Crippen LogP) is 7.68. The quantitative estimate of drug-likeness (QED) is 0.177. The lowest BCUT2D eigenvalue weighted by Crippen LogP contribution is -2.21. The van der Waals surface area contributed by atoms with Gasteiger partial charge in [0.15, 0.2) is 0 Å². The normalized spacial score (nSPS) is 10.3. The molecule has 0 aliphatic carbocycles. The van der Waals surface area contributed by atoms with E-state index in [2.05, 4.69) is 21.3 Å². The Hall–Kier alpha value is -5.36. The molecule has 0 aromatic heterocycles. The standard InChI is InChI=1S/C32H26N4O2/c37-31(35-25-17-9-3-10-18-25)27-21-29(33-23-13-5-1-6-14-23)30(34-24-15-7-2-8-16-24)22-28(27)32(38)36-26-19-11-4-12-20-26/h1-22,33-34H,(H,35,37)(H,36,38). The highest BCUT2D eigenvalue weighted by Crippen LogP contribution is 2.33. The molecule has 38 heavy (non-hydrogen) atoms. The summed E-state index contributed by atoms with van der Waals surface area (Å²) in [6.45, 7) is 0. The first kappa shape index (κ1) is 24.3. The molecule has 6 heteroatoms. The maximum atomic E-state index is 13.5. The van der Waals surface area contributed by atoms with E-state index in [1.54, 1.807) is 36.4 Å². The summed E-state index contributed by atoms with van der Waals surface area (Å²) in [5.74, 6) is -0.784. The Balaban J connectivity index is 1.59. The number of amides is 2. The van der Waals surface area contributed by atoms with Crippen molar-refractivity contribution in [1.82, 2.24) is 0 Å². The molecule has 0 saturated heterocycles. The van der Waals surface area contributed by atoms with Gasteiger partial charge in [0.25, 0.3) is 11.8 Å². The van der Waals surface area contributed by atoms with Crippen molar-refractivity contribution in [2.45, 2.75) is 0 Å². The molecule has 5 rings (SSSR count). The Morgan fingerprint density at radius 3 is 1.00 bits per heavy atom. The lowest BCUT2D eigenvalue weighted by Gasteiger charge is -2.19. The zero-order chi connectivity index (χ0) is 26.2. The molecule has 0 heterocycles. The van der Waals surface area contributed by atoms with Crippen LogP contribution in [0.15, 0.2) is 133 Å². The molecule has 5 aromatic rings. The molecule has 0 spiro atoms. The first-order chi connectivity index (χ1) is 18.7. The van der Waals surface area contributed by atoms with E-state index >= 15 is 0 Å². The molecule has 0 atom stereocenters. The van der Waals surface area contributed by atoms with Crippen LogP contribution in [-0.2, 0) is 0 Å². The van der Waals surface area contributed by atoms with E-state index in [1.165, 1.54) is 0 Å². The van der Waals surface area contributed by atoms with Gasteiger partial charge in [-0.2, -0.15) is 0 Å². The molecule has 4 N–H and O–H groups in total. The van der Waals surface area contributed by atoms with Crippen molar-refractivity contribution in [3.8, 4) is 0 Å². The molecule has 5 aromatic carbocycles. The number of hydrogen-bond acceptors (Lipinski definition) is 4. The van der Waals surface area contributed by atoms with Crippen LogP contribution < -0.4 is 21.3 Å². The van der Waals surface area contributed by atoms with Gasteiger partial charge in [0.05, 0.1) is 22.5 Å². The number of anilines is 6. The van der Waals surface area contributed by atoms with Crippen LogP contribution >= 0.6 is 0 Å². The van der Waals surface area contributed by atoms with Crippen molar-refractivity contribution in [3.63, 3.8) is 0 Å². The van der Waals surface area contributed by atoms with Gasteiger partial charge < -0.3 is 21.3 Å². The number of nitrogens with one attached hydrogen (secondary N) is 4. The summed E-state index contributed by atoms with van der Waals surface area (Å²) in [5.41, 5.74) is 4.73. The largest absolute Gasteiger partial charge is 0.354 e. The maximum absolute atomic E-state index is 13.5. The van der Waals surface area contributed by atoms with Crippen molar-refractivity contribution >= 4 is 45.9 Å². The first-order valence-electron chi connectivity index (χ1n) is 12.2. The lowest BCUT2D eigenvalue weighted by atomic mass is 10.0. The Morgan fingerprint density at radius 1 is 0.395 bits per heavy atom. The van der Waals surface area contributed by atoms with Gasteiger partial charge in [-0.15, -0.1) is 0 Å². The third-order valence-corrected chi connectivity index (χ3v) is 5.82. The smallest absolute Gasteiger partial charge is 0.256 e. The summed E-state index contributed by atoms with van der Waals surface area (Å²) in [6, 6.07) is 41.1. The van der Waals surface area contributed by atoms with Crippen molar-refractivity contribution < 1.29 is 9.59 Å². The number of para-hydroxylation sites is 4. The van der Waals surface area contributed by atoms with Gasteiger partial charge in [0, 0.05) is 22.7 Å². The molecule has 186 valence electrons. The Labute approximate surface area is 221 Å². The number of hydrogen-bond donors (Lipinski definition) is 4. The van der Waals surface area contributed by atoms with E-state index in [0.717, 1.165) is 11.4 Å². The summed E-state index contributed by atoms with van der Waals surface area (Å²) in [4.78, 5) is 27.1. The fourth-order valence-corrected chi connectivity index (χ4v) is 3.98. The minimum Gasteiger partial charge on any atom is -0.354 e. The SMILES string of the molecule is O=C(Nc1ccccc1)c1cc(Nc2ccccc2)c(Nc2ccccc2)cc1C(=O)Nc1ccccc1. The fraction of sp³-hybridized carbons (Fsp3) is 0. The second-order valence-corrected chi connectivity index (χ2v) is 8.57. The molecule has 2 amide bonds. The van der Waals surface area contributed by atoms with Crippen molar-refractivity contribution in [2.75, 3.05) is 21.3 Å². The van der Waals surface area contributed by atoms with Gasteiger partial charge >= 0.3 is 0 Å². The van der Waals surface area contributed by atoms with Gasteiger partial charge in [-0.25, -0.2) is 0 Å². The van der Waals surface area contributed by atoms with Crippen LogP contribution in [0.1, 0.15) is 20.7 Å². The predicted molar refractivity (Wildman–Crippen MR) is 155 cm³/mol. The molecule has 0 aliphatic rings. The highest BCUT2D eigenvalue weighted by molar-refractivity contribution is 6.16. The summed E-state index contributed by atoms with van der Waals surface area (Å²) in [7, 11) is 0. The summed E-state index contributed by atoms with van der Waals surface area (Å²) in [6.07, 6.45) is 0. The second kappa shape index (κ2) is 11.6. The van der Waals surface area contributed by atoms with Crippen LogP contribution in [0.4, 0.5) is 34.1 Å². The molecule has 0 bridgehead atoms. The first-order valence-corrected chi connectivity index (χ1v) is 12.2. The number of benzene rings is 5. The third kappa shape index (κ3) is 6.06. The second-order valence-electron chi connectivity index (χ2n) is 8.57. The van der Waals surface area contributed by atoms with E-state index in [-0.39, 0.29) is 11.1 Å². The minimum atomic E-state index is -0.392. The Bertz CT molecular complexity index is 1410. The van der Waals surface area contributed by atoms with Gasteiger partial charge in [-0.3, -0.25) is 9.59 Å². The molecule has 0 saturated carbocycles. The monoisotopic (exact) mass is 498 g/mol. The number of carbonyl (C=O) groups is 2. The van der Waals surface area contributed by atoms with Crippen LogP contribution in [0.5, 0.6) is 0 Å². The van der Waals surface area contributed by atoms with Gasteiger partial charge in [0.2, 0.25) is 0 Å². The van der Waals surface area contributed by atoms with Gasteiger partial charge in [0.1, 0.15) is 0 Å². The van der Waals surface area contributed by atoms with Crippen LogP contribution in [0.25, 0.3) is 0 Å². The summed E-state index contributed by atoms with van der Waals surface area (Å²) >= 11 is 0. The highest BCUT2D eigenvalue weighted by Gasteiger charge is 2.22. The van der Waals surface area contributed by atoms with E-state index in [0.29, 0.717) is 22.7 Å². The van der Waals surface area contributed by atoms with E-state index in [1.807, 2.05) is 97.1 Å². The summed E-state index contributed by atoms with van der Waals surface area (Å²) < 4.78 is 0. The zero-order valence-electron chi connectivity index (χ0n) is 20.5. The molecule has 0 aliphatic heterocycles. The average molecular weight is 499 g/mol. The van der Waals surface area contributed by atoms with Crippen molar-refractivity contribution in [1.29, 1.82) is 0 Å². The Kier molecular flexibility index (Phi) is 7.42. The number of rotatable bonds is 8. The van der Waals surface area contributed by atoms with Crippen LogP contribution in [-0.4, -0.2) is 11.8 Å². The molecule has 0 unspecified atom stereocenters. The van der Waals surface area contributed by atoms with Crippen molar-refractivity contribution in [3.05, 3.63) is 145 Å². The molecular weight excluding hydrogens is 472 g/mol. The fourth-order valence-electron chi connectivity index (χ4n) is 3.98. The van der Waals surface area contributed by atoms with E-state index in [4.69, 9.17) is 0 Å². The maximum Gasteiger partial charge on any atom is 0.256 e. The number of carbonyl (C=O) groups excluding carboxylic acids is 2. The molecule has 6 nitrogen and oxygen atoms in total. The van der Waals surface area contributed by atoms with E-state index in [9.17, 15) is 9.59 Å². The third-order valence-electron chi connectivity index (χ3n) is 5.82.